The standard InChI is InChI=1S/C14H16ClN5OS/c1-21-6-2-5-19-10-16-18-14(19)22-9-12-8-20-7-11(15)3-4-13(20)17-12/h3-4,7-8,10H,2,5-6,9H2,1H3. The zero-order valence-electron chi connectivity index (χ0n) is 12.1. The molecule has 0 spiro atoms. The van der Waals surface area contributed by atoms with Gasteiger partial charge in [0, 0.05) is 38.4 Å². The summed E-state index contributed by atoms with van der Waals surface area (Å²) in [5, 5.41) is 9.72. The number of ether oxygens (including phenoxy) is 1. The highest BCUT2D eigenvalue weighted by Crippen LogP contribution is 2.21. The van der Waals surface area contributed by atoms with Gasteiger partial charge in [0.25, 0.3) is 0 Å². The van der Waals surface area contributed by atoms with Crippen LogP contribution in [-0.4, -0.2) is 37.9 Å². The molecule has 3 aromatic rings. The van der Waals surface area contributed by atoms with Crippen molar-refractivity contribution < 1.29 is 4.74 Å². The summed E-state index contributed by atoms with van der Waals surface area (Å²) in [6.07, 6.45) is 6.53. The monoisotopic (exact) mass is 337 g/mol. The van der Waals surface area contributed by atoms with Gasteiger partial charge in [0.05, 0.1) is 10.7 Å². The van der Waals surface area contributed by atoms with Gasteiger partial charge in [-0.05, 0) is 18.6 Å². The predicted molar refractivity (Wildman–Crippen MR) is 86.3 cm³/mol. The second-order valence-electron chi connectivity index (χ2n) is 4.79. The van der Waals surface area contributed by atoms with E-state index in [4.69, 9.17) is 16.3 Å². The molecular formula is C14H16ClN5OS. The van der Waals surface area contributed by atoms with Gasteiger partial charge in [-0.2, -0.15) is 0 Å². The minimum atomic E-state index is 0.696. The first-order valence-corrected chi connectivity index (χ1v) is 8.25. The van der Waals surface area contributed by atoms with Crippen LogP contribution < -0.4 is 0 Å². The topological polar surface area (TPSA) is 57.2 Å². The summed E-state index contributed by atoms with van der Waals surface area (Å²) in [6.45, 7) is 1.58. The number of imidazole rings is 1. The van der Waals surface area contributed by atoms with E-state index in [0.29, 0.717) is 5.02 Å². The van der Waals surface area contributed by atoms with Crippen molar-refractivity contribution in [2.45, 2.75) is 23.9 Å². The average molecular weight is 338 g/mol. The molecule has 6 nitrogen and oxygen atoms in total. The number of rotatable bonds is 7. The summed E-state index contributed by atoms with van der Waals surface area (Å²) in [5.74, 6) is 0.738. The van der Waals surface area contributed by atoms with Crippen molar-refractivity contribution >= 4 is 29.0 Å². The molecule has 0 bridgehead atoms. The molecule has 0 aliphatic rings. The van der Waals surface area contributed by atoms with E-state index in [-0.39, 0.29) is 0 Å². The highest BCUT2D eigenvalue weighted by Gasteiger charge is 2.08. The maximum absolute atomic E-state index is 5.98. The number of aromatic nitrogens is 5. The van der Waals surface area contributed by atoms with Crippen molar-refractivity contribution in [2.75, 3.05) is 13.7 Å². The fourth-order valence-electron chi connectivity index (χ4n) is 2.11. The number of thioether (sulfide) groups is 1. The molecule has 3 aromatic heterocycles. The molecule has 0 amide bonds. The van der Waals surface area contributed by atoms with Crippen molar-refractivity contribution in [3.63, 3.8) is 0 Å². The van der Waals surface area contributed by atoms with Crippen molar-refractivity contribution in [1.29, 1.82) is 0 Å². The van der Waals surface area contributed by atoms with E-state index in [2.05, 4.69) is 15.2 Å². The number of pyridine rings is 1. The summed E-state index contributed by atoms with van der Waals surface area (Å²) < 4.78 is 9.04. The zero-order chi connectivity index (χ0) is 15.4. The number of methoxy groups -OCH3 is 1. The first-order chi connectivity index (χ1) is 10.8. The Hall–Kier alpha value is -1.57. The van der Waals surface area contributed by atoms with Gasteiger partial charge in [-0.1, -0.05) is 23.4 Å². The van der Waals surface area contributed by atoms with Crippen LogP contribution in [0.3, 0.4) is 0 Å². The molecule has 0 saturated heterocycles. The highest BCUT2D eigenvalue weighted by atomic mass is 35.5. The zero-order valence-corrected chi connectivity index (χ0v) is 13.7. The van der Waals surface area contributed by atoms with Gasteiger partial charge in [-0.3, -0.25) is 0 Å². The second kappa shape index (κ2) is 7.13. The largest absolute Gasteiger partial charge is 0.385 e. The molecule has 0 atom stereocenters. The Balaban J connectivity index is 1.65. The summed E-state index contributed by atoms with van der Waals surface area (Å²) >= 11 is 7.61. The normalized spacial score (nSPS) is 11.4. The van der Waals surface area contributed by atoms with Crippen molar-refractivity contribution in [3.8, 4) is 0 Å². The Morgan fingerprint density at radius 3 is 3.09 bits per heavy atom. The van der Waals surface area contributed by atoms with Gasteiger partial charge in [-0.25, -0.2) is 4.98 Å². The van der Waals surface area contributed by atoms with Crippen LogP contribution in [0.15, 0.2) is 36.0 Å². The Morgan fingerprint density at radius 1 is 1.32 bits per heavy atom. The molecule has 22 heavy (non-hydrogen) atoms. The van der Waals surface area contributed by atoms with Crippen LogP contribution in [0.5, 0.6) is 0 Å². The lowest BCUT2D eigenvalue weighted by atomic mass is 10.4. The van der Waals surface area contributed by atoms with Gasteiger partial charge in [0.1, 0.15) is 12.0 Å². The highest BCUT2D eigenvalue weighted by molar-refractivity contribution is 7.98. The SMILES string of the molecule is COCCCn1cnnc1SCc1cn2cc(Cl)ccc2n1. The summed E-state index contributed by atoms with van der Waals surface area (Å²) in [5.41, 5.74) is 1.88. The van der Waals surface area contributed by atoms with Gasteiger partial charge >= 0.3 is 0 Å². The third-order valence-electron chi connectivity index (χ3n) is 3.14. The number of hydrogen-bond acceptors (Lipinski definition) is 5. The van der Waals surface area contributed by atoms with Crippen molar-refractivity contribution in [3.05, 3.63) is 41.6 Å². The lowest BCUT2D eigenvalue weighted by molar-refractivity contribution is 0.189. The van der Waals surface area contributed by atoms with E-state index in [1.165, 1.54) is 0 Å². The first kappa shape index (κ1) is 15.3. The lowest BCUT2D eigenvalue weighted by Gasteiger charge is -2.04. The molecule has 116 valence electrons. The number of aryl methyl sites for hydroxylation is 1. The minimum absolute atomic E-state index is 0.696. The number of nitrogens with zero attached hydrogens (tertiary/aromatic N) is 5. The van der Waals surface area contributed by atoms with Crippen LogP contribution in [-0.2, 0) is 17.0 Å². The van der Waals surface area contributed by atoms with Crippen LogP contribution in [0.4, 0.5) is 0 Å². The summed E-state index contributed by atoms with van der Waals surface area (Å²) in [4.78, 5) is 4.56. The molecule has 3 rings (SSSR count). The van der Waals surface area contributed by atoms with E-state index in [1.54, 1.807) is 25.2 Å². The van der Waals surface area contributed by atoms with Gasteiger partial charge < -0.3 is 13.7 Å². The Labute approximate surface area is 137 Å². The Morgan fingerprint density at radius 2 is 2.23 bits per heavy atom. The maximum atomic E-state index is 5.98. The fraction of sp³-hybridized carbons (Fsp3) is 0.357. The van der Waals surface area contributed by atoms with Crippen molar-refractivity contribution in [1.82, 2.24) is 24.1 Å². The van der Waals surface area contributed by atoms with Crippen molar-refractivity contribution in [2.24, 2.45) is 0 Å². The summed E-state index contributed by atoms with van der Waals surface area (Å²) in [7, 11) is 1.71. The van der Waals surface area contributed by atoms with Gasteiger partial charge in [0.2, 0.25) is 0 Å². The third kappa shape index (κ3) is 3.60. The fourth-order valence-corrected chi connectivity index (χ4v) is 3.11. The van der Waals surface area contributed by atoms with Crippen LogP contribution >= 0.6 is 23.4 Å². The first-order valence-electron chi connectivity index (χ1n) is 6.89. The molecule has 0 fully saturated rings. The quantitative estimate of drug-likeness (QED) is 0.490. The van der Waals surface area contributed by atoms with Gasteiger partial charge in [-0.15, -0.1) is 10.2 Å². The molecule has 0 aromatic carbocycles. The molecule has 0 aliphatic heterocycles. The van der Waals surface area contributed by atoms with E-state index < -0.39 is 0 Å². The Kier molecular flexibility index (Phi) is 4.97. The average Bonchev–Trinajstić information content (AvgIpc) is 3.11. The van der Waals surface area contributed by atoms with Crippen LogP contribution in [0.1, 0.15) is 12.1 Å². The van der Waals surface area contributed by atoms with Crippen LogP contribution in [0.25, 0.3) is 5.65 Å². The number of fused-ring (bicyclic) bond motifs is 1. The maximum Gasteiger partial charge on any atom is 0.191 e. The third-order valence-corrected chi connectivity index (χ3v) is 4.38. The number of hydrogen-bond donors (Lipinski definition) is 0. The molecule has 0 unspecified atom stereocenters. The molecule has 3 heterocycles. The van der Waals surface area contributed by atoms with E-state index in [9.17, 15) is 0 Å². The van der Waals surface area contributed by atoms with E-state index in [1.807, 2.05) is 33.5 Å². The van der Waals surface area contributed by atoms with E-state index >= 15 is 0 Å². The molecule has 0 N–H and O–H groups in total. The minimum Gasteiger partial charge on any atom is -0.385 e. The van der Waals surface area contributed by atoms with E-state index in [0.717, 1.165) is 41.8 Å². The van der Waals surface area contributed by atoms with Crippen LogP contribution in [0.2, 0.25) is 5.02 Å². The summed E-state index contributed by atoms with van der Waals surface area (Å²) in [6, 6.07) is 3.75. The molecule has 0 aliphatic carbocycles. The van der Waals surface area contributed by atoms with Gasteiger partial charge in [0.15, 0.2) is 5.16 Å². The van der Waals surface area contributed by atoms with Crippen LogP contribution in [0, 0.1) is 0 Å². The molecule has 0 saturated carbocycles. The predicted octanol–water partition coefficient (Wildman–Crippen LogP) is 2.91. The Bertz CT molecular complexity index is 757. The molecule has 0 radical (unpaired) electrons. The lowest BCUT2D eigenvalue weighted by Crippen LogP contribution is -2.02. The number of halogens is 1. The molecular weight excluding hydrogens is 322 g/mol. The second-order valence-corrected chi connectivity index (χ2v) is 6.17. The smallest absolute Gasteiger partial charge is 0.191 e. The molecule has 8 heteroatoms.